The van der Waals surface area contributed by atoms with Crippen molar-refractivity contribution in [3.8, 4) is 0 Å². The second-order valence-electron chi connectivity index (χ2n) is 7.05. The van der Waals surface area contributed by atoms with Gasteiger partial charge in [-0.2, -0.15) is 8.78 Å². The van der Waals surface area contributed by atoms with E-state index >= 15 is 0 Å². The van der Waals surface area contributed by atoms with Crippen LogP contribution in [0.1, 0.15) is 57.7 Å². The number of benzene rings is 1. The lowest BCUT2D eigenvalue weighted by atomic mass is 9.96. The summed E-state index contributed by atoms with van der Waals surface area (Å²) in [4.78, 5) is 0. The summed E-state index contributed by atoms with van der Waals surface area (Å²) in [6.07, 6.45) is -0.544. The second-order valence-corrected chi connectivity index (χ2v) is 9.05. The SMILES string of the molecule is CC(N[S@+]([O-])C(C)(C)C)c1cccc(C(F)(F)[C@H]2CCCO2)c1F. The molecular weight excluding hydrogens is 339 g/mol. The van der Waals surface area contributed by atoms with Crippen LogP contribution in [0.2, 0.25) is 0 Å². The molecule has 136 valence electrons. The molecule has 0 amide bonds. The molecule has 1 aliphatic heterocycles. The summed E-state index contributed by atoms with van der Waals surface area (Å²) < 4.78 is 63.3. The Labute approximate surface area is 144 Å². The van der Waals surface area contributed by atoms with Crippen LogP contribution in [0.4, 0.5) is 13.2 Å². The summed E-state index contributed by atoms with van der Waals surface area (Å²) in [5.74, 6) is -4.36. The molecular formula is C17H24F3NO2S. The van der Waals surface area contributed by atoms with E-state index in [2.05, 4.69) is 4.72 Å². The summed E-state index contributed by atoms with van der Waals surface area (Å²) in [7, 11) is 0. The molecule has 1 aromatic carbocycles. The molecule has 7 heteroatoms. The molecule has 0 saturated carbocycles. The van der Waals surface area contributed by atoms with Crippen molar-refractivity contribution < 1.29 is 22.5 Å². The quantitative estimate of drug-likeness (QED) is 0.797. The molecule has 1 aromatic rings. The largest absolute Gasteiger partial charge is 0.598 e. The monoisotopic (exact) mass is 363 g/mol. The van der Waals surface area contributed by atoms with Crippen molar-refractivity contribution in [3.05, 3.63) is 35.1 Å². The average Bonchev–Trinajstić information content (AvgIpc) is 3.01. The lowest BCUT2D eigenvalue weighted by Gasteiger charge is -2.28. The molecule has 1 aliphatic rings. The molecule has 0 radical (unpaired) electrons. The van der Waals surface area contributed by atoms with Gasteiger partial charge in [-0.15, -0.1) is 4.72 Å². The lowest BCUT2D eigenvalue weighted by Crippen LogP contribution is -2.41. The maximum atomic E-state index is 14.7. The van der Waals surface area contributed by atoms with Crippen LogP contribution < -0.4 is 4.72 Å². The Bertz CT molecular complexity index is 571. The van der Waals surface area contributed by atoms with Crippen LogP contribution in [0.3, 0.4) is 0 Å². The Kier molecular flexibility index (Phi) is 5.90. The third-order valence-corrected chi connectivity index (χ3v) is 5.71. The number of nitrogens with one attached hydrogen (secondary N) is 1. The molecule has 0 spiro atoms. The van der Waals surface area contributed by atoms with E-state index in [-0.39, 0.29) is 18.6 Å². The van der Waals surface area contributed by atoms with Gasteiger partial charge in [-0.3, -0.25) is 0 Å². The normalized spacial score (nSPS) is 21.8. The Balaban J connectivity index is 2.27. The highest BCUT2D eigenvalue weighted by atomic mass is 32.2. The van der Waals surface area contributed by atoms with Crippen molar-refractivity contribution in [2.45, 2.75) is 63.4 Å². The van der Waals surface area contributed by atoms with E-state index in [0.29, 0.717) is 6.42 Å². The maximum Gasteiger partial charge on any atom is 0.301 e. The van der Waals surface area contributed by atoms with E-state index in [1.165, 1.54) is 12.1 Å². The molecule has 1 fully saturated rings. The van der Waals surface area contributed by atoms with E-state index in [1.54, 1.807) is 27.7 Å². The summed E-state index contributed by atoms with van der Waals surface area (Å²) in [6, 6.07) is 3.26. The Hall–Kier alpha value is -0.760. The minimum Gasteiger partial charge on any atom is -0.598 e. The standard InChI is InChI=1S/C17H24F3NO2S/c1-11(21-24(22)16(2,3)4)12-7-5-8-13(15(12)18)17(19,20)14-9-6-10-23-14/h5,7-8,11,14,21H,6,9-10H2,1-4H3/t11?,14-,24-/m1/s1. The molecule has 1 heterocycles. The van der Waals surface area contributed by atoms with E-state index < -0.39 is 45.6 Å². The van der Waals surface area contributed by atoms with Crippen molar-refractivity contribution in [1.29, 1.82) is 0 Å². The van der Waals surface area contributed by atoms with Crippen molar-refractivity contribution in [2.75, 3.05) is 6.61 Å². The molecule has 0 bridgehead atoms. The van der Waals surface area contributed by atoms with Gasteiger partial charge in [0, 0.05) is 23.5 Å². The van der Waals surface area contributed by atoms with Gasteiger partial charge in [-0.25, -0.2) is 4.39 Å². The Morgan fingerprint density at radius 2 is 2.00 bits per heavy atom. The zero-order valence-corrected chi connectivity index (χ0v) is 15.2. The van der Waals surface area contributed by atoms with Crippen LogP contribution in [0.15, 0.2) is 18.2 Å². The first-order valence-electron chi connectivity index (χ1n) is 8.01. The first-order valence-corrected chi connectivity index (χ1v) is 9.16. The zero-order valence-electron chi connectivity index (χ0n) is 14.4. The van der Waals surface area contributed by atoms with E-state index in [0.717, 1.165) is 6.07 Å². The number of hydrogen-bond donors (Lipinski definition) is 1. The van der Waals surface area contributed by atoms with Crippen molar-refractivity contribution in [2.24, 2.45) is 0 Å². The second kappa shape index (κ2) is 7.23. The summed E-state index contributed by atoms with van der Waals surface area (Å²) >= 11 is -1.43. The highest BCUT2D eigenvalue weighted by Gasteiger charge is 2.46. The van der Waals surface area contributed by atoms with Crippen LogP contribution in [0.5, 0.6) is 0 Å². The molecule has 1 N–H and O–H groups in total. The van der Waals surface area contributed by atoms with Gasteiger partial charge in [0.05, 0.1) is 11.6 Å². The highest BCUT2D eigenvalue weighted by molar-refractivity contribution is 7.90. The van der Waals surface area contributed by atoms with Gasteiger partial charge in [0.25, 0.3) is 0 Å². The van der Waals surface area contributed by atoms with Crippen molar-refractivity contribution in [1.82, 2.24) is 4.72 Å². The smallest absolute Gasteiger partial charge is 0.301 e. The molecule has 3 nitrogen and oxygen atoms in total. The van der Waals surface area contributed by atoms with Crippen LogP contribution in [0.25, 0.3) is 0 Å². The number of hydrogen-bond acceptors (Lipinski definition) is 3. The summed E-state index contributed by atoms with van der Waals surface area (Å²) in [5, 5.41) is 0. The Morgan fingerprint density at radius 3 is 2.54 bits per heavy atom. The van der Waals surface area contributed by atoms with Crippen LogP contribution >= 0.6 is 0 Å². The van der Waals surface area contributed by atoms with Crippen molar-refractivity contribution >= 4 is 11.4 Å². The van der Waals surface area contributed by atoms with Crippen LogP contribution in [0, 0.1) is 5.82 Å². The van der Waals surface area contributed by atoms with Crippen molar-refractivity contribution in [3.63, 3.8) is 0 Å². The summed E-state index contributed by atoms with van der Waals surface area (Å²) in [5.41, 5.74) is -0.593. The number of ether oxygens (including phenoxy) is 1. The number of rotatable bonds is 5. The van der Waals surface area contributed by atoms with E-state index in [4.69, 9.17) is 4.74 Å². The fourth-order valence-corrected chi connectivity index (χ4v) is 3.38. The van der Waals surface area contributed by atoms with Gasteiger partial charge in [-0.1, -0.05) is 12.1 Å². The minimum absolute atomic E-state index is 0.0720. The zero-order chi connectivity index (χ0) is 18.1. The molecule has 1 unspecified atom stereocenters. The first-order chi connectivity index (χ1) is 11.0. The molecule has 0 aliphatic carbocycles. The van der Waals surface area contributed by atoms with Crippen LogP contribution in [-0.4, -0.2) is 22.0 Å². The van der Waals surface area contributed by atoms with Gasteiger partial charge in [-0.05, 0) is 46.6 Å². The third kappa shape index (κ3) is 4.07. The average molecular weight is 363 g/mol. The predicted octanol–water partition coefficient (Wildman–Crippen LogP) is 4.21. The van der Waals surface area contributed by atoms with Gasteiger partial charge in [0.2, 0.25) is 0 Å². The number of alkyl halides is 2. The topological polar surface area (TPSA) is 44.3 Å². The lowest BCUT2D eigenvalue weighted by molar-refractivity contribution is -0.124. The molecule has 24 heavy (non-hydrogen) atoms. The Morgan fingerprint density at radius 1 is 1.33 bits per heavy atom. The molecule has 3 atom stereocenters. The third-order valence-electron chi connectivity index (χ3n) is 4.03. The molecule has 1 saturated heterocycles. The van der Waals surface area contributed by atoms with Gasteiger partial charge in [0.1, 0.15) is 16.7 Å². The molecule has 2 rings (SSSR count). The fraction of sp³-hybridized carbons (Fsp3) is 0.647. The fourth-order valence-electron chi connectivity index (χ4n) is 2.58. The first kappa shape index (κ1) is 19.6. The van der Waals surface area contributed by atoms with E-state index in [1.807, 2.05) is 0 Å². The van der Waals surface area contributed by atoms with Gasteiger partial charge < -0.3 is 9.29 Å². The number of halogens is 3. The predicted molar refractivity (Wildman–Crippen MR) is 88.7 cm³/mol. The van der Waals surface area contributed by atoms with Gasteiger partial charge in [0.15, 0.2) is 0 Å². The highest BCUT2D eigenvalue weighted by Crippen LogP contribution is 2.40. The van der Waals surface area contributed by atoms with Crippen LogP contribution in [-0.2, 0) is 22.0 Å². The van der Waals surface area contributed by atoms with E-state index in [9.17, 15) is 17.7 Å². The summed E-state index contributed by atoms with van der Waals surface area (Å²) in [6.45, 7) is 7.21. The maximum absolute atomic E-state index is 14.7. The van der Waals surface area contributed by atoms with Gasteiger partial charge >= 0.3 is 5.92 Å². The molecule has 0 aromatic heterocycles. The minimum atomic E-state index is -3.39.